The zero-order chi connectivity index (χ0) is 12.1. The van der Waals surface area contributed by atoms with Crippen LogP contribution in [0.5, 0.6) is 0 Å². The van der Waals surface area contributed by atoms with E-state index in [1.165, 1.54) is 0 Å². The van der Waals surface area contributed by atoms with Gasteiger partial charge in [-0.05, 0) is 5.92 Å². The maximum atomic E-state index is 5.30. The number of aromatic nitrogens is 3. The van der Waals surface area contributed by atoms with E-state index in [2.05, 4.69) is 39.2 Å². The van der Waals surface area contributed by atoms with Crippen molar-refractivity contribution in [1.29, 1.82) is 0 Å². The molecule has 0 aromatic carbocycles. The summed E-state index contributed by atoms with van der Waals surface area (Å²) in [5.74, 6) is 2.05. The monoisotopic (exact) mass is 237 g/mol. The quantitative estimate of drug-likeness (QED) is 0.834. The van der Waals surface area contributed by atoms with Crippen LogP contribution in [-0.2, 0) is 4.74 Å². The molecule has 1 N–H and O–H groups in total. The van der Waals surface area contributed by atoms with Crippen LogP contribution in [0.1, 0.15) is 13.8 Å². The Morgan fingerprint density at radius 3 is 2.88 bits per heavy atom. The van der Waals surface area contributed by atoms with E-state index >= 15 is 0 Å². The molecule has 1 aromatic rings. The van der Waals surface area contributed by atoms with Gasteiger partial charge in [-0.2, -0.15) is 10.1 Å². The molecule has 0 spiro atoms. The predicted molar refractivity (Wildman–Crippen MR) is 66.2 cm³/mol. The molecule has 0 unspecified atom stereocenters. The van der Waals surface area contributed by atoms with Crippen LogP contribution in [0.15, 0.2) is 6.20 Å². The number of morpholine rings is 1. The Morgan fingerprint density at radius 2 is 2.18 bits per heavy atom. The van der Waals surface area contributed by atoms with E-state index < -0.39 is 0 Å². The Bertz CT molecular complexity index is 351. The lowest BCUT2D eigenvalue weighted by Crippen LogP contribution is -2.37. The van der Waals surface area contributed by atoms with Gasteiger partial charge < -0.3 is 15.0 Å². The summed E-state index contributed by atoms with van der Waals surface area (Å²) in [5, 5.41) is 11.3. The Kier molecular flexibility index (Phi) is 4.08. The van der Waals surface area contributed by atoms with Gasteiger partial charge in [-0.1, -0.05) is 13.8 Å². The van der Waals surface area contributed by atoms with Crippen molar-refractivity contribution in [3.63, 3.8) is 0 Å². The molecule has 6 nitrogen and oxygen atoms in total. The van der Waals surface area contributed by atoms with E-state index in [1.54, 1.807) is 6.20 Å². The second-order valence-corrected chi connectivity index (χ2v) is 4.52. The molecule has 1 fully saturated rings. The van der Waals surface area contributed by atoms with Gasteiger partial charge in [0.25, 0.3) is 0 Å². The lowest BCUT2D eigenvalue weighted by Gasteiger charge is -2.26. The highest BCUT2D eigenvalue weighted by molar-refractivity contribution is 5.39. The van der Waals surface area contributed by atoms with Crippen molar-refractivity contribution in [2.75, 3.05) is 43.1 Å². The van der Waals surface area contributed by atoms with Crippen LogP contribution in [0.4, 0.5) is 11.8 Å². The molecular formula is C11H19N5O. The van der Waals surface area contributed by atoms with Crippen molar-refractivity contribution in [3.05, 3.63) is 6.20 Å². The molecule has 0 saturated carbocycles. The third-order valence-electron chi connectivity index (χ3n) is 2.53. The summed E-state index contributed by atoms with van der Waals surface area (Å²) in [4.78, 5) is 6.55. The van der Waals surface area contributed by atoms with Crippen molar-refractivity contribution < 1.29 is 4.74 Å². The van der Waals surface area contributed by atoms with Gasteiger partial charge in [0.1, 0.15) is 0 Å². The summed E-state index contributed by atoms with van der Waals surface area (Å²) in [7, 11) is 0. The molecule has 0 radical (unpaired) electrons. The van der Waals surface area contributed by atoms with Gasteiger partial charge >= 0.3 is 0 Å². The standard InChI is InChI=1S/C11H19N5O/c1-9(2)7-12-10-8-13-15-11(14-10)16-3-5-17-6-4-16/h8-9H,3-7H2,1-2H3,(H,12,14,15). The Hall–Kier alpha value is -1.43. The van der Waals surface area contributed by atoms with Crippen molar-refractivity contribution in [2.45, 2.75) is 13.8 Å². The molecule has 17 heavy (non-hydrogen) atoms. The summed E-state index contributed by atoms with van der Waals surface area (Å²) in [6.07, 6.45) is 1.66. The second kappa shape index (κ2) is 5.77. The topological polar surface area (TPSA) is 63.2 Å². The number of hydrogen-bond acceptors (Lipinski definition) is 6. The summed E-state index contributed by atoms with van der Waals surface area (Å²) >= 11 is 0. The van der Waals surface area contributed by atoms with E-state index in [4.69, 9.17) is 4.74 Å². The maximum absolute atomic E-state index is 5.30. The van der Waals surface area contributed by atoms with Crippen molar-refractivity contribution in [1.82, 2.24) is 15.2 Å². The fraction of sp³-hybridized carbons (Fsp3) is 0.727. The SMILES string of the molecule is CC(C)CNc1cnnc(N2CCOCC2)n1. The lowest BCUT2D eigenvalue weighted by atomic mass is 10.2. The molecule has 0 amide bonds. The molecule has 6 heteroatoms. The first-order valence-corrected chi connectivity index (χ1v) is 6.02. The first-order valence-electron chi connectivity index (χ1n) is 6.02. The molecule has 1 aromatic heterocycles. The third-order valence-corrected chi connectivity index (χ3v) is 2.53. The van der Waals surface area contributed by atoms with Gasteiger partial charge in [0.05, 0.1) is 19.4 Å². The van der Waals surface area contributed by atoms with E-state index in [9.17, 15) is 0 Å². The minimum absolute atomic E-state index is 0.580. The summed E-state index contributed by atoms with van der Waals surface area (Å²) < 4.78 is 5.30. The van der Waals surface area contributed by atoms with E-state index in [0.717, 1.165) is 38.7 Å². The van der Waals surface area contributed by atoms with Gasteiger partial charge in [0, 0.05) is 19.6 Å². The largest absolute Gasteiger partial charge is 0.378 e. The molecule has 2 heterocycles. The molecule has 1 aliphatic rings. The fourth-order valence-corrected chi connectivity index (χ4v) is 1.59. The molecule has 0 bridgehead atoms. The Labute approximate surface area is 101 Å². The maximum Gasteiger partial charge on any atom is 0.247 e. The molecule has 94 valence electrons. The first-order chi connectivity index (χ1) is 8.25. The third kappa shape index (κ3) is 3.52. The molecular weight excluding hydrogens is 218 g/mol. The van der Waals surface area contributed by atoms with Gasteiger partial charge in [-0.25, -0.2) is 0 Å². The summed E-state index contributed by atoms with van der Waals surface area (Å²) in [6.45, 7) is 8.32. The molecule has 0 aliphatic carbocycles. The van der Waals surface area contributed by atoms with Crippen LogP contribution in [0.25, 0.3) is 0 Å². The number of nitrogens with zero attached hydrogens (tertiary/aromatic N) is 4. The van der Waals surface area contributed by atoms with Crippen LogP contribution in [-0.4, -0.2) is 48.0 Å². The molecule has 0 atom stereocenters. The van der Waals surface area contributed by atoms with Crippen molar-refractivity contribution >= 4 is 11.8 Å². The number of hydrogen-bond donors (Lipinski definition) is 1. The summed E-state index contributed by atoms with van der Waals surface area (Å²) in [5.41, 5.74) is 0. The Morgan fingerprint density at radius 1 is 1.41 bits per heavy atom. The van der Waals surface area contributed by atoms with Crippen LogP contribution < -0.4 is 10.2 Å². The molecule has 1 saturated heterocycles. The van der Waals surface area contributed by atoms with E-state index in [0.29, 0.717) is 11.9 Å². The second-order valence-electron chi connectivity index (χ2n) is 4.52. The number of ether oxygens (including phenoxy) is 1. The predicted octanol–water partition coefficient (Wildman–Crippen LogP) is 0.776. The average molecular weight is 237 g/mol. The fourth-order valence-electron chi connectivity index (χ4n) is 1.59. The molecule has 1 aliphatic heterocycles. The van der Waals surface area contributed by atoms with E-state index in [-0.39, 0.29) is 0 Å². The van der Waals surface area contributed by atoms with Gasteiger partial charge in [0.2, 0.25) is 5.95 Å². The normalized spacial score (nSPS) is 16.3. The van der Waals surface area contributed by atoms with E-state index in [1.807, 2.05) is 0 Å². The number of rotatable bonds is 4. The number of nitrogens with one attached hydrogen (secondary N) is 1. The average Bonchev–Trinajstić information content (AvgIpc) is 2.38. The van der Waals surface area contributed by atoms with Crippen LogP contribution in [0.3, 0.4) is 0 Å². The minimum Gasteiger partial charge on any atom is -0.378 e. The highest BCUT2D eigenvalue weighted by Gasteiger charge is 2.14. The smallest absolute Gasteiger partial charge is 0.247 e. The number of anilines is 2. The van der Waals surface area contributed by atoms with Crippen molar-refractivity contribution in [2.24, 2.45) is 5.92 Å². The zero-order valence-electron chi connectivity index (χ0n) is 10.4. The van der Waals surface area contributed by atoms with Crippen LogP contribution in [0.2, 0.25) is 0 Å². The van der Waals surface area contributed by atoms with Crippen molar-refractivity contribution in [3.8, 4) is 0 Å². The highest BCUT2D eigenvalue weighted by atomic mass is 16.5. The Balaban J connectivity index is 2.00. The lowest BCUT2D eigenvalue weighted by molar-refractivity contribution is 0.122. The summed E-state index contributed by atoms with van der Waals surface area (Å²) in [6, 6.07) is 0. The molecule has 2 rings (SSSR count). The van der Waals surface area contributed by atoms with Gasteiger partial charge in [-0.3, -0.25) is 0 Å². The van der Waals surface area contributed by atoms with Crippen LogP contribution >= 0.6 is 0 Å². The first kappa shape index (κ1) is 12.0. The minimum atomic E-state index is 0.580. The zero-order valence-corrected chi connectivity index (χ0v) is 10.4. The van der Waals surface area contributed by atoms with Gasteiger partial charge in [-0.15, -0.1) is 5.10 Å². The van der Waals surface area contributed by atoms with Crippen LogP contribution in [0, 0.1) is 5.92 Å². The van der Waals surface area contributed by atoms with Gasteiger partial charge in [0.15, 0.2) is 5.82 Å². The highest BCUT2D eigenvalue weighted by Crippen LogP contribution is 2.11.